The molecular weight excluding hydrogens is 299 g/mol. The van der Waals surface area contributed by atoms with Gasteiger partial charge in [-0.25, -0.2) is 9.37 Å². The van der Waals surface area contributed by atoms with E-state index in [9.17, 15) is 9.18 Å². The van der Waals surface area contributed by atoms with Gasteiger partial charge in [-0.05, 0) is 37.0 Å². The summed E-state index contributed by atoms with van der Waals surface area (Å²) in [6.07, 6.45) is 5.86. The summed E-state index contributed by atoms with van der Waals surface area (Å²) in [5.41, 5.74) is 0.879. The molecule has 0 unspecified atom stereocenters. The van der Waals surface area contributed by atoms with Gasteiger partial charge in [0.05, 0.1) is 5.01 Å². The van der Waals surface area contributed by atoms with E-state index in [-0.39, 0.29) is 11.7 Å². The molecule has 22 heavy (non-hydrogen) atoms. The van der Waals surface area contributed by atoms with E-state index >= 15 is 0 Å². The predicted molar refractivity (Wildman–Crippen MR) is 85.3 cm³/mol. The highest BCUT2D eigenvalue weighted by Gasteiger charge is 2.31. The lowest BCUT2D eigenvalue weighted by Gasteiger charge is -2.22. The van der Waals surface area contributed by atoms with Gasteiger partial charge in [0.1, 0.15) is 5.82 Å². The number of rotatable bonds is 7. The minimum atomic E-state index is -0.243. The van der Waals surface area contributed by atoms with E-state index in [2.05, 4.69) is 4.98 Å². The quantitative estimate of drug-likeness (QED) is 0.783. The van der Waals surface area contributed by atoms with Crippen LogP contribution in [0.4, 0.5) is 4.39 Å². The summed E-state index contributed by atoms with van der Waals surface area (Å²) < 4.78 is 13.2. The van der Waals surface area contributed by atoms with Gasteiger partial charge in [0.15, 0.2) is 0 Å². The number of hydrogen-bond donors (Lipinski definition) is 0. The van der Waals surface area contributed by atoms with Gasteiger partial charge in [-0.3, -0.25) is 4.79 Å². The van der Waals surface area contributed by atoms with Crippen molar-refractivity contribution in [3.63, 3.8) is 0 Å². The van der Waals surface area contributed by atoms with Crippen LogP contribution < -0.4 is 0 Å². The number of nitrogens with zero attached hydrogens (tertiary/aromatic N) is 2. The fourth-order valence-corrected chi connectivity index (χ4v) is 3.19. The van der Waals surface area contributed by atoms with Crippen LogP contribution in [0, 0.1) is 5.82 Å². The van der Waals surface area contributed by atoms with Gasteiger partial charge in [0.2, 0.25) is 5.91 Å². The van der Waals surface area contributed by atoms with Crippen LogP contribution in [0.25, 0.3) is 0 Å². The molecule has 0 bridgehead atoms. The molecule has 0 atom stereocenters. The molecule has 1 heterocycles. The predicted octanol–water partition coefficient (Wildman–Crippen LogP) is 3.45. The van der Waals surface area contributed by atoms with Crippen LogP contribution in [0.1, 0.15) is 29.8 Å². The molecule has 3 nitrogen and oxygen atoms in total. The van der Waals surface area contributed by atoms with E-state index < -0.39 is 0 Å². The molecule has 1 amide bonds. The van der Waals surface area contributed by atoms with Gasteiger partial charge in [-0.1, -0.05) is 12.1 Å². The third-order valence-corrected chi connectivity index (χ3v) is 4.71. The van der Waals surface area contributed by atoms with Crippen molar-refractivity contribution in [1.29, 1.82) is 0 Å². The summed E-state index contributed by atoms with van der Waals surface area (Å²) in [5, 5.41) is 3.03. The summed E-state index contributed by atoms with van der Waals surface area (Å²) in [6.45, 7) is 0.736. The van der Waals surface area contributed by atoms with Crippen molar-refractivity contribution in [2.24, 2.45) is 0 Å². The van der Waals surface area contributed by atoms with Gasteiger partial charge in [-0.15, -0.1) is 11.3 Å². The van der Waals surface area contributed by atoms with Crippen LogP contribution in [0.3, 0.4) is 0 Å². The number of aryl methyl sites for hydroxylation is 1. The Hall–Kier alpha value is -1.75. The molecule has 1 fully saturated rings. The van der Waals surface area contributed by atoms with Crippen LogP contribution in [0.5, 0.6) is 0 Å². The minimum Gasteiger partial charge on any atom is -0.339 e. The second-order valence-electron chi connectivity index (χ2n) is 5.62. The Morgan fingerprint density at radius 3 is 2.91 bits per heavy atom. The SMILES string of the molecule is O=C(CCc1cccc(F)c1)N(CCc1nccs1)C1CC1. The molecule has 116 valence electrons. The van der Waals surface area contributed by atoms with E-state index in [0.717, 1.165) is 36.4 Å². The number of benzene rings is 1. The van der Waals surface area contributed by atoms with E-state index in [0.29, 0.717) is 18.9 Å². The van der Waals surface area contributed by atoms with Crippen molar-refractivity contribution in [2.45, 2.75) is 38.1 Å². The van der Waals surface area contributed by atoms with E-state index in [1.165, 1.54) is 12.1 Å². The van der Waals surface area contributed by atoms with Crippen molar-refractivity contribution in [3.05, 3.63) is 52.2 Å². The number of amides is 1. The average Bonchev–Trinajstić information content (AvgIpc) is 3.21. The molecule has 0 saturated heterocycles. The summed E-state index contributed by atoms with van der Waals surface area (Å²) in [4.78, 5) is 18.7. The van der Waals surface area contributed by atoms with Crippen molar-refractivity contribution < 1.29 is 9.18 Å². The Balaban J connectivity index is 1.53. The number of aromatic nitrogens is 1. The van der Waals surface area contributed by atoms with Gasteiger partial charge in [0, 0.05) is 37.0 Å². The van der Waals surface area contributed by atoms with Gasteiger partial charge in [-0.2, -0.15) is 0 Å². The van der Waals surface area contributed by atoms with Crippen molar-refractivity contribution in [3.8, 4) is 0 Å². The average molecular weight is 318 g/mol. The molecule has 1 aromatic carbocycles. The number of carbonyl (C=O) groups excluding carboxylic acids is 1. The third kappa shape index (κ3) is 4.13. The van der Waals surface area contributed by atoms with Crippen molar-refractivity contribution in [1.82, 2.24) is 9.88 Å². The summed E-state index contributed by atoms with van der Waals surface area (Å²) >= 11 is 1.63. The second-order valence-corrected chi connectivity index (χ2v) is 6.60. The fraction of sp³-hybridized carbons (Fsp3) is 0.412. The first-order valence-corrected chi connectivity index (χ1v) is 8.52. The first-order chi connectivity index (χ1) is 10.7. The summed E-state index contributed by atoms with van der Waals surface area (Å²) in [7, 11) is 0. The standard InChI is InChI=1S/C17H19FN2OS/c18-14-3-1-2-13(12-14)4-7-17(21)20(15-5-6-15)10-8-16-19-9-11-22-16/h1-3,9,11-12,15H,4-8,10H2. The summed E-state index contributed by atoms with van der Waals surface area (Å²) in [5.74, 6) is -0.0731. The molecule has 1 aromatic heterocycles. The molecule has 0 spiro atoms. The zero-order valence-corrected chi connectivity index (χ0v) is 13.2. The second kappa shape index (κ2) is 7.01. The Morgan fingerprint density at radius 2 is 2.23 bits per heavy atom. The Labute approximate surface area is 133 Å². The molecule has 1 aliphatic carbocycles. The van der Waals surface area contributed by atoms with Gasteiger partial charge >= 0.3 is 0 Å². The first-order valence-electron chi connectivity index (χ1n) is 7.64. The molecule has 0 radical (unpaired) electrons. The van der Waals surface area contributed by atoms with Crippen molar-refractivity contribution >= 4 is 17.2 Å². The number of hydrogen-bond acceptors (Lipinski definition) is 3. The third-order valence-electron chi connectivity index (χ3n) is 3.87. The molecule has 0 aliphatic heterocycles. The maximum absolute atomic E-state index is 13.2. The number of thiazole rings is 1. The number of halogens is 1. The first kappa shape index (κ1) is 15.2. The minimum absolute atomic E-state index is 0.170. The topological polar surface area (TPSA) is 33.2 Å². The molecular formula is C17H19FN2OS. The van der Waals surface area contributed by atoms with Crippen LogP contribution in [0.2, 0.25) is 0 Å². The Kier molecular flexibility index (Phi) is 4.83. The van der Waals surface area contributed by atoms with E-state index in [1.807, 2.05) is 16.3 Å². The van der Waals surface area contributed by atoms with Crippen LogP contribution in [-0.4, -0.2) is 28.4 Å². The largest absolute Gasteiger partial charge is 0.339 e. The summed E-state index contributed by atoms with van der Waals surface area (Å²) in [6, 6.07) is 6.89. The highest BCUT2D eigenvalue weighted by atomic mass is 32.1. The lowest BCUT2D eigenvalue weighted by atomic mass is 10.1. The molecule has 3 rings (SSSR count). The fourth-order valence-electron chi connectivity index (χ4n) is 2.58. The van der Waals surface area contributed by atoms with Crippen LogP contribution in [0.15, 0.2) is 35.8 Å². The van der Waals surface area contributed by atoms with E-state index in [1.54, 1.807) is 23.6 Å². The zero-order chi connectivity index (χ0) is 15.4. The lowest BCUT2D eigenvalue weighted by molar-refractivity contribution is -0.131. The highest BCUT2D eigenvalue weighted by molar-refractivity contribution is 7.09. The zero-order valence-electron chi connectivity index (χ0n) is 12.4. The molecule has 5 heteroatoms. The smallest absolute Gasteiger partial charge is 0.223 e. The van der Waals surface area contributed by atoms with Gasteiger partial charge in [0.25, 0.3) is 0 Å². The van der Waals surface area contributed by atoms with E-state index in [4.69, 9.17) is 0 Å². The molecule has 0 N–H and O–H groups in total. The normalized spacial score (nSPS) is 14.0. The Morgan fingerprint density at radius 1 is 1.36 bits per heavy atom. The van der Waals surface area contributed by atoms with Crippen molar-refractivity contribution in [2.75, 3.05) is 6.54 Å². The number of carbonyl (C=O) groups is 1. The molecule has 1 aliphatic rings. The maximum Gasteiger partial charge on any atom is 0.223 e. The highest BCUT2D eigenvalue weighted by Crippen LogP contribution is 2.28. The van der Waals surface area contributed by atoms with Crippen LogP contribution >= 0.6 is 11.3 Å². The van der Waals surface area contributed by atoms with Gasteiger partial charge < -0.3 is 4.90 Å². The molecule has 2 aromatic rings. The maximum atomic E-state index is 13.2. The van der Waals surface area contributed by atoms with Crippen LogP contribution in [-0.2, 0) is 17.6 Å². The monoisotopic (exact) mass is 318 g/mol. The Bertz CT molecular complexity index is 625. The lowest BCUT2D eigenvalue weighted by Crippen LogP contribution is -2.35. The molecule has 1 saturated carbocycles.